The average Bonchev–Trinajstić information content (AvgIpc) is 2.97. The molecule has 86 valence electrons. The van der Waals surface area contributed by atoms with Gasteiger partial charge in [-0.25, -0.2) is 4.79 Å². The Kier molecular flexibility index (Phi) is 4.78. The lowest BCUT2D eigenvalue weighted by atomic mass is 10.2. The van der Waals surface area contributed by atoms with Crippen molar-refractivity contribution >= 4 is 5.97 Å². The first kappa shape index (κ1) is 12.2. The lowest BCUT2D eigenvalue weighted by Crippen LogP contribution is -2.17. The third-order valence-electron chi connectivity index (χ3n) is 2.19. The van der Waals surface area contributed by atoms with E-state index in [2.05, 4.69) is 0 Å². The minimum absolute atomic E-state index is 0.272. The fraction of sp³-hybridized carbons (Fsp3) is 0.727. The summed E-state index contributed by atoms with van der Waals surface area (Å²) in [5.74, 6) is -0.448. The Bertz CT molecular complexity index is 243. The molecule has 0 amide bonds. The lowest BCUT2D eigenvalue weighted by Gasteiger charge is -2.10. The van der Waals surface area contributed by atoms with Gasteiger partial charge in [-0.3, -0.25) is 0 Å². The van der Waals surface area contributed by atoms with Crippen LogP contribution in [0.2, 0.25) is 0 Å². The van der Waals surface area contributed by atoms with Crippen LogP contribution in [0.5, 0.6) is 0 Å². The monoisotopic (exact) mass is 214 g/mol. The maximum atomic E-state index is 11.4. The third-order valence-corrected chi connectivity index (χ3v) is 2.19. The summed E-state index contributed by atoms with van der Waals surface area (Å²) in [5, 5.41) is 9.26. The fourth-order valence-corrected chi connectivity index (χ4v) is 1.12. The molecule has 1 N–H and O–H groups in total. The zero-order chi connectivity index (χ0) is 11.3. The minimum atomic E-state index is -0.983. The van der Waals surface area contributed by atoms with Crippen LogP contribution in [-0.2, 0) is 14.3 Å². The first-order valence-corrected chi connectivity index (χ1v) is 5.31. The van der Waals surface area contributed by atoms with E-state index >= 15 is 0 Å². The van der Waals surface area contributed by atoms with Crippen molar-refractivity contribution in [2.24, 2.45) is 0 Å². The van der Waals surface area contributed by atoms with Crippen molar-refractivity contribution in [2.75, 3.05) is 6.61 Å². The second-order valence-corrected chi connectivity index (χ2v) is 3.73. The van der Waals surface area contributed by atoms with E-state index in [0.29, 0.717) is 12.0 Å². The van der Waals surface area contributed by atoms with Crippen LogP contribution in [0.15, 0.2) is 11.6 Å². The highest BCUT2D eigenvalue weighted by molar-refractivity contribution is 5.87. The normalized spacial score (nSPS) is 22.3. The fourth-order valence-electron chi connectivity index (χ4n) is 1.12. The Morgan fingerprint density at radius 2 is 2.40 bits per heavy atom. The van der Waals surface area contributed by atoms with Crippen molar-refractivity contribution in [1.29, 1.82) is 0 Å². The highest BCUT2D eigenvalue weighted by Crippen LogP contribution is 2.15. The highest BCUT2D eigenvalue weighted by atomic mass is 16.6. The van der Waals surface area contributed by atoms with Crippen molar-refractivity contribution in [3.8, 4) is 0 Å². The average molecular weight is 214 g/mol. The van der Waals surface area contributed by atoms with Crippen LogP contribution in [0, 0.1) is 0 Å². The molecular formula is C11H18O4. The summed E-state index contributed by atoms with van der Waals surface area (Å²) in [6.45, 7) is 4.38. The summed E-state index contributed by atoms with van der Waals surface area (Å²) in [7, 11) is 0. The maximum Gasteiger partial charge on any atom is 0.335 e. The number of rotatable bonds is 6. The van der Waals surface area contributed by atoms with Crippen LogP contribution < -0.4 is 0 Å². The van der Waals surface area contributed by atoms with Crippen molar-refractivity contribution in [3.05, 3.63) is 11.6 Å². The van der Waals surface area contributed by atoms with E-state index < -0.39 is 12.3 Å². The molecule has 0 aliphatic carbocycles. The van der Waals surface area contributed by atoms with E-state index in [1.54, 1.807) is 13.0 Å². The van der Waals surface area contributed by atoms with Gasteiger partial charge in [-0.2, -0.15) is 0 Å². The Labute approximate surface area is 89.9 Å². The molecule has 15 heavy (non-hydrogen) atoms. The van der Waals surface area contributed by atoms with Gasteiger partial charge in [-0.15, -0.1) is 0 Å². The lowest BCUT2D eigenvalue weighted by molar-refractivity contribution is -0.163. The number of aliphatic hydroxyl groups is 1. The first-order valence-electron chi connectivity index (χ1n) is 5.31. The molecule has 1 saturated heterocycles. The molecule has 1 aliphatic rings. The topological polar surface area (TPSA) is 59.1 Å². The summed E-state index contributed by atoms with van der Waals surface area (Å²) < 4.78 is 9.82. The van der Waals surface area contributed by atoms with Crippen LogP contribution in [-0.4, -0.2) is 30.1 Å². The van der Waals surface area contributed by atoms with Crippen molar-refractivity contribution in [1.82, 2.24) is 0 Å². The second-order valence-electron chi connectivity index (χ2n) is 3.73. The molecule has 0 bridgehead atoms. The van der Waals surface area contributed by atoms with Gasteiger partial charge in [0.1, 0.15) is 0 Å². The molecule has 0 radical (unpaired) electrons. The first-order chi connectivity index (χ1) is 7.13. The van der Waals surface area contributed by atoms with Crippen LogP contribution in [0.3, 0.4) is 0 Å². The third kappa shape index (κ3) is 4.95. The summed E-state index contributed by atoms with van der Waals surface area (Å²) in [6, 6.07) is 0. The van der Waals surface area contributed by atoms with E-state index in [9.17, 15) is 9.90 Å². The molecule has 2 unspecified atom stereocenters. The van der Waals surface area contributed by atoms with Crippen LogP contribution in [0.4, 0.5) is 0 Å². The number of carbonyl (C=O) groups excluding carboxylic acids is 1. The Balaban J connectivity index is 2.27. The number of esters is 1. The van der Waals surface area contributed by atoms with Crippen LogP contribution >= 0.6 is 0 Å². The summed E-state index contributed by atoms with van der Waals surface area (Å²) >= 11 is 0. The van der Waals surface area contributed by atoms with E-state index in [1.807, 2.05) is 6.92 Å². The van der Waals surface area contributed by atoms with Gasteiger partial charge in [-0.1, -0.05) is 19.4 Å². The van der Waals surface area contributed by atoms with E-state index in [1.165, 1.54) is 0 Å². The zero-order valence-electron chi connectivity index (χ0n) is 9.23. The molecule has 1 aliphatic heterocycles. The minimum Gasteiger partial charge on any atom is -0.433 e. The molecule has 4 heteroatoms. The van der Waals surface area contributed by atoms with Crippen molar-refractivity contribution in [3.63, 3.8) is 0 Å². The standard InChI is InChI=1S/C11H18O4/c1-3-4-10(12)15-11(13)8(2)5-6-9-7-14-9/h5,9-10,12H,3-4,6-7H2,1-2H3/b8-5+. The number of carbonyl (C=O) groups is 1. The summed E-state index contributed by atoms with van der Waals surface area (Å²) in [6.07, 6.45) is 3.08. The van der Waals surface area contributed by atoms with E-state index in [4.69, 9.17) is 9.47 Å². The maximum absolute atomic E-state index is 11.4. The van der Waals surface area contributed by atoms with Crippen LogP contribution in [0.25, 0.3) is 0 Å². The number of ether oxygens (including phenoxy) is 2. The number of epoxide rings is 1. The molecule has 1 rings (SSSR count). The largest absolute Gasteiger partial charge is 0.433 e. The second kappa shape index (κ2) is 5.88. The van der Waals surface area contributed by atoms with Crippen molar-refractivity contribution in [2.45, 2.75) is 45.5 Å². The van der Waals surface area contributed by atoms with Gasteiger partial charge in [0.2, 0.25) is 6.29 Å². The Hall–Kier alpha value is -0.870. The number of hydrogen-bond acceptors (Lipinski definition) is 4. The predicted octanol–water partition coefficient (Wildman–Crippen LogP) is 1.38. The molecule has 1 fully saturated rings. The molecule has 4 nitrogen and oxygen atoms in total. The van der Waals surface area contributed by atoms with Gasteiger partial charge in [0.15, 0.2) is 0 Å². The molecular weight excluding hydrogens is 196 g/mol. The molecule has 0 aromatic heterocycles. The Morgan fingerprint density at radius 3 is 2.93 bits per heavy atom. The van der Waals surface area contributed by atoms with E-state index in [0.717, 1.165) is 19.4 Å². The van der Waals surface area contributed by atoms with Gasteiger partial charge >= 0.3 is 5.97 Å². The SMILES string of the molecule is CCCC(O)OC(=O)/C(C)=C/CC1CO1. The van der Waals surface area contributed by atoms with Gasteiger partial charge in [-0.05, 0) is 13.3 Å². The number of aliphatic hydroxyl groups excluding tert-OH is 1. The quantitative estimate of drug-likeness (QED) is 0.314. The highest BCUT2D eigenvalue weighted by Gasteiger charge is 2.21. The van der Waals surface area contributed by atoms with Crippen molar-refractivity contribution < 1.29 is 19.4 Å². The molecule has 0 aromatic carbocycles. The summed E-state index contributed by atoms with van der Waals surface area (Å²) in [5.41, 5.74) is 0.528. The van der Waals surface area contributed by atoms with E-state index in [-0.39, 0.29) is 6.10 Å². The molecule has 0 saturated carbocycles. The molecule has 0 aromatic rings. The Morgan fingerprint density at radius 1 is 1.73 bits per heavy atom. The molecule has 0 spiro atoms. The van der Waals surface area contributed by atoms with Gasteiger partial charge in [0, 0.05) is 12.0 Å². The molecule has 1 heterocycles. The van der Waals surface area contributed by atoms with Gasteiger partial charge in [0.05, 0.1) is 12.7 Å². The smallest absolute Gasteiger partial charge is 0.335 e. The zero-order valence-corrected chi connectivity index (χ0v) is 9.23. The van der Waals surface area contributed by atoms with Gasteiger partial charge < -0.3 is 14.6 Å². The predicted molar refractivity (Wildman–Crippen MR) is 55.1 cm³/mol. The van der Waals surface area contributed by atoms with Gasteiger partial charge in [0.25, 0.3) is 0 Å². The molecule has 2 atom stereocenters. The number of hydrogen-bond donors (Lipinski definition) is 1. The summed E-state index contributed by atoms with van der Waals surface area (Å²) in [4.78, 5) is 11.4. The van der Waals surface area contributed by atoms with Crippen LogP contribution in [0.1, 0.15) is 33.1 Å².